The predicted octanol–water partition coefficient (Wildman–Crippen LogP) is -0.157. The smallest absolute Gasteiger partial charge is 0.242 e. The van der Waals surface area contributed by atoms with Crippen molar-refractivity contribution in [3.05, 3.63) is 11.6 Å². The molecule has 0 radical (unpaired) electrons. The predicted molar refractivity (Wildman–Crippen MR) is 85.4 cm³/mol. The molecule has 128 valence electrons. The maximum absolute atomic E-state index is 12.3. The van der Waals surface area contributed by atoms with Gasteiger partial charge in [-0.05, 0) is 5.92 Å². The molecule has 2 amide bonds. The SMILES string of the molecule is CC(C)c1nnc2n1CCN(C(=O)CNC(=O)[C@@H](N)C(C)C)C2. The van der Waals surface area contributed by atoms with Gasteiger partial charge in [-0.3, -0.25) is 9.59 Å². The fourth-order valence-corrected chi connectivity index (χ4v) is 2.52. The molecule has 2 rings (SSSR count). The first-order valence-electron chi connectivity index (χ1n) is 8.04. The summed E-state index contributed by atoms with van der Waals surface area (Å²) in [5.41, 5.74) is 5.76. The van der Waals surface area contributed by atoms with Crippen molar-refractivity contribution in [3.8, 4) is 0 Å². The van der Waals surface area contributed by atoms with E-state index in [9.17, 15) is 9.59 Å². The van der Waals surface area contributed by atoms with Gasteiger partial charge in [0.25, 0.3) is 0 Å². The normalized spacial score (nSPS) is 15.7. The highest BCUT2D eigenvalue weighted by molar-refractivity contribution is 5.87. The summed E-state index contributed by atoms with van der Waals surface area (Å²) in [6.45, 7) is 9.54. The van der Waals surface area contributed by atoms with E-state index >= 15 is 0 Å². The average Bonchev–Trinajstić information content (AvgIpc) is 2.94. The molecule has 1 atom stereocenters. The summed E-state index contributed by atoms with van der Waals surface area (Å²) in [6.07, 6.45) is 0. The Labute approximate surface area is 136 Å². The van der Waals surface area contributed by atoms with E-state index in [1.165, 1.54) is 0 Å². The fraction of sp³-hybridized carbons (Fsp3) is 0.733. The van der Waals surface area contributed by atoms with E-state index in [0.717, 1.165) is 11.6 Å². The lowest BCUT2D eigenvalue weighted by molar-refractivity contribution is -0.134. The summed E-state index contributed by atoms with van der Waals surface area (Å²) in [5, 5.41) is 11.0. The number of carbonyl (C=O) groups is 2. The van der Waals surface area contributed by atoms with Gasteiger partial charge in [-0.15, -0.1) is 10.2 Å². The number of hydrogen-bond acceptors (Lipinski definition) is 5. The molecular weight excluding hydrogens is 296 g/mol. The molecule has 8 heteroatoms. The first-order valence-corrected chi connectivity index (χ1v) is 8.04. The van der Waals surface area contributed by atoms with Crippen molar-refractivity contribution in [2.75, 3.05) is 13.1 Å². The maximum Gasteiger partial charge on any atom is 0.242 e. The summed E-state index contributed by atoms with van der Waals surface area (Å²) in [7, 11) is 0. The van der Waals surface area contributed by atoms with Gasteiger partial charge in [-0.25, -0.2) is 0 Å². The molecule has 23 heavy (non-hydrogen) atoms. The lowest BCUT2D eigenvalue weighted by atomic mass is 10.1. The van der Waals surface area contributed by atoms with E-state index in [4.69, 9.17) is 5.73 Å². The monoisotopic (exact) mass is 322 g/mol. The van der Waals surface area contributed by atoms with E-state index in [1.54, 1.807) is 4.90 Å². The highest BCUT2D eigenvalue weighted by Crippen LogP contribution is 2.18. The molecule has 2 heterocycles. The van der Waals surface area contributed by atoms with E-state index in [1.807, 2.05) is 13.8 Å². The first-order chi connectivity index (χ1) is 10.8. The number of amides is 2. The van der Waals surface area contributed by atoms with Crippen LogP contribution < -0.4 is 11.1 Å². The van der Waals surface area contributed by atoms with Crippen LogP contribution in [0.25, 0.3) is 0 Å². The number of nitrogens with zero attached hydrogens (tertiary/aromatic N) is 4. The van der Waals surface area contributed by atoms with Gasteiger partial charge in [0, 0.05) is 19.0 Å². The third kappa shape index (κ3) is 3.87. The van der Waals surface area contributed by atoms with Crippen LogP contribution in [-0.2, 0) is 22.7 Å². The van der Waals surface area contributed by atoms with E-state index in [-0.39, 0.29) is 24.3 Å². The molecule has 0 bridgehead atoms. The Kier molecular flexibility index (Phi) is 5.35. The standard InChI is InChI=1S/C15H26N6O2/c1-9(2)13(16)15(23)17-7-12(22)20-5-6-21-11(8-20)18-19-14(21)10(3)4/h9-10,13H,5-8,16H2,1-4H3,(H,17,23)/t13-/m0/s1. The van der Waals surface area contributed by atoms with Crippen LogP contribution in [0.2, 0.25) is 0 Å². The minimum absolute atomic E-state index is 0.0353. The molecule has 1 aliphatic rings. The summed E-state index contributed by atoms with van der Waals surface area (Å²) in [4.78, 5) is 25.8. The number of nitrogens with two attached hydrogens (primary N) is 1. The number of hydrogen-bond donors (Lipinski definition) is 2. The summed E-state index contributed by atoms with van der Waals surface area (Å²) >= 11 is 0. The zero-order chi connectivity index (χ0) is 17.1. The molecule has 3 N–H and O–H groups in total. The zero-order valence-corrected chi connectivity index (χ0v) is 14.2. The van der Waals surface area contributed by atoms with Gasteiger partial charge >= 0.3 is 0 Å². The van der Waals surface area contributed by atoms with Crippen LogP contribution in [0, 0.1) is 5.92 Å². The Morgan fingerprint density at radius 3 is 2.52 bits per heavy atom. The Bertz CT molecular complexity index is 581. The van der Waals surface area contributed by atoms with Crippen LogP contribution in [0.5, 0.6) is 0 Å². The van der Waals surface area contributed by atoms with Crippen LogP contribution >= 0.6 is 0 Å². The number of fused-ring (bicyclic) bond motifs is 1. The summed E-state index contributed by atoms with van der Waals surface area (Å²) < 4.78 is 2.07. The second-order valence-corrected chi connectivity index (χ2v) is 6.58. The highest BCUT2D eigenvalue weighted by Gasteiger charge is 2.26. The van der Waals surface area contributed by atoms with Crippen molar-refractivity contribution in [3.63, 3.8) is 0 Å². The van der Waals surface area contributed by atoms with Crippen molar-refractivity contribution in [2.45, 2.75) is 52.7 Å². The van der Waals surface area contributed by atoms with Crippen molar-refractivity contribution >= 4 is 11.8 Å². The lowest BCUT2D eigenvalue weighted by Gasteiger charge is -2.28. The van der Waals surface area contributed by atoms with Gasteiger partial charge in [-0.1, -0.05) is 27.7 Å². The molecule has 0 aromatic carbocycles. The van der Waals surface area contributed by atoms with Crippen LogP contribution in [-0.4, -0.2) is 50.6 Å². The Morgan fingerprint density at radius 2 is 1.91 bits per heavy atom. The molecule has 1 aliphatic heterocycles. The summed E-state index contributed by atoms with van der Waals surface area (Å²) in [5.74, 6) is 1.65. The van der Waals surface area contributed by atoms with E-state index < -0.39 is 6.04 Å². The summed E-state index contributed by atoms with van der Waals surface area (Å²) in [6, 6.07) is -0.596. The molecule has 1 aromatic rings. The van der Waals surface area contributed by atoms with Gasteiger partial charge in [-0.2, -0.15) is 0 Å². The molecule has 0 fully saturated rings. The van der Waals surface area contributed by atoms with E-state index in [2.05, 4.69) is 33.9 Å². The second kappa shape index (κ2) is 7.08. The first kappa shape index (κ1) is 17.4. The fourth-order valence-electron chi connectivity index (χ4n) is 2.52. The number of nitrogens with one attached hydrogen (secondary N) is 1. The van der Waals surface area contributed by atoms with Gasteiger partial charge in [0.2, 0.25) is 11.8 Å². The molecule has 8 nitrogen and oxygen atoms in total. The van der Waals surface area contributed by atoms with Crippen molar-refractivity contribution in [2.24, 2.45) is 11.7 Å². The molecule has 1 aromatic heterocycles. The topological polar surface area (TPSA) is 106 Å². The lowest BCUT2D eigenvalue weighted by Crippen LogP contribution is -2.49. The van der Waals surface area contributed by atoms with Crippen LogP contribution in [0.4, 0.5) is 0 Å². The quantitative estimate of drug-likeness (QED) is 0.784. The molecule has 0 saturated carbocycles. The van der Waals surface area contributed by atoms with Gasteiger partial charge in [0.1, 0.15) is 5.82 Å². The van der Waals surface area contributed by atoms with Crippen molar-refractivity contribution < 1.29 is 9.59 Å². The zero-order valence-electron chi connectivity index (χ0n) is 14.2. The molecular formula is C15H26N6O2. The van der Waals surface area contributed by atoms with Gasteiger partial charge in [0.05, 0.1) is 19.1 Å². The molecule has 0 unspecified atom stereocenters. The highest BCUT2D eigenvalue weighted by atomic mass is 16.2. The minimum Gasteiger partial charge on any atom is -0.346 e. The van der Waals surface area contributed by atoms with Gasteiger partial charge < -0.3 is 20.5 Å². The number of aromatic nitrogens is 3. The molecule has 0 saturated heterocycles. The number of rotatable bonds is 5. The second-order valence-electron chi connectivity index (χ2n) is 6.58. The third-order valence-corrected chi connectivity index (χ3v) is 4.09. The van der Waals surface area contributed by atoms with Crippen molar-refractivity contribution in [1.82, 2.24) is 25.0 Å². The number of carbonyl (C=O) groups excluding carboxylic acids is 2. The largest absolute Gasteiger partial charge is 0.346 e. The average molecular weight is 322 g/mol. The Hall–Kier alpha value is -1.96. The third-order valence-electron chi connectivity index (χ3n) is 4.09. The maximum atomic E-state index is 12.3. The molecule has 0 aliphatic carbocycles. The Balaban J connectivity index is 1.91. The van der Waals surface area contributed by atoms with Crippen LogP contribution in [0.3, 0.4) is 0 Å². The van der Waals surface area contributed by atoms with E-state index in [0.29, 0.717) is 25.6 Å². The van der Waals surface area contributed by atoms with Crippen LogP contribution in [0.1, 0.15) is 45.3 Å². The molecule has 0 spiro atoms. The van der Waals surface area contributed by atoms with Gasteiger partial charge in [0.15, 0.2) is 5.82 Å². The minimum atomic E-state index is -0.596. The Morgan fingerprint density at radius 1 is 1.22 bits per heavy atom. The van der Waals surface area contributed by atoms with Crippen molar-refractivity contribution in [1.29, 1.82) is 0 Å². The van der Waals surface area contributed by atoms with Crippen LogP contribution in [0.15, 0.2) is 0 Å².